The van der Waals surface area contributed by atoms with Crippen molar-refractivity contribution in [1.82, 2.24) is 9.88 Å². The Morgan fingerprint density at radius 1 is 1.00 bits per heavy atom. The molecule has 154 valence electrons. The van der Waals surface area contributed by atoms with E-state index in [0.717, 1.165) is 12.2 Å². The molecular formula is C20H23ClN4O3S. The van der Waals surface area contributed by atoms with Crippen molar-refractivity contribution in [2.24, 2.45) is 0 Å². The number of anilines is 2. The van der Waals surface area contributed by atoms with E-state index >= 15 is 0 Å². The van der Waals surface area contributed by atoms with E-state index < -0.39 is 10.0 Å². The van der Waals surface area contributed by atoms with Gasteiger partial charge in [-0.15, -0.1) is 0 Å². The molecule has 0 N–H and O–H groups in total. The summed E-state index contributed by atoms with van der Waals surface area (Å²) < 4.78 is 26.2. The highest BCUT2D eigenvalue weighted by atomic mass is 35.5. The zero-order valence-corrected chi connectivity index (χ0v) is 17.6. The molecule has 7 nitrogen and oxygen atoms in total. The van der Waals surface area contributed by atoms with E-state index in [4.69, 9.17) is 11.6 Å². The van der Waals surface area contributed by atoms with Crippen LogP contribution in [-0.2, 0) is 10.0 Å². The number of carbonyl (C=O) groups is 1. The Labute approximate surface area is 175 Å². The summed E-state index contributed by atoms with van der Waals surface area (Å²) in [6, 6.07) is 10.7. The lowest BCUT2D eigenvalue weighted by Gasteiger charge is -2.35. The van der Waals surface area contributed by atoms with Crippen LogP contribution in [0, 0.1) is 0 Å². The van der Waals surface area contributed by atoms with Gasteiger partial charge in [0.05, 0.1) is 16.5 Å². The van der Waals surface area contributed by atoms with E-state index in [0.29, 0.717) is 55.4 Å². The third-order valence-corrected chi connectivity index (χ3v) is 7.53. The van der Waals surface area contributed by atoms with E-state index in [2.05, 4.69) is 9.88 Å². The zero-order valence-electron chi connectivity index (χ0n) is 16.0. The first-order valence-electron chi connectivity index (χ1n) is 9.71. The molecule has 2 aromatic rings. The van der Waals surface area contributed by atoms with Crippen LogP contribution in [0.1, 0.15) is 23.2 Å². The van der Waals surface area contributed by atoms with Crippen molar-refractivity contribution in [3.05, 3.63) is 53.2 Å². The first-order chi connectivity index (χ1) is 14.0. The minimum absolute atomic E-state index is 0.108. The largest absolute Gasteiger partial charge is 0.353 e. The predicted octanol–water partition coefficient (Wildman–Crippen LogP) is 2.63. The van der Waals surface area contributed by atoms with Gasteiger partial charge in [0.15, 0.2) is 0 Å². The summed E-state index contributed by atoms with van der Waals surface area (Å²) in [5, 5.41) is 0.340. The molecule has 0 unspecified atom stereocenters. The Hall–Kier alpha value is -2.32. The summed E-state index contributed by atoms with van der Waals surface area (Å²) in [7, 11) is -3.39. The molecule has 1 aromatic heterocycles. The number of aromatic nitrogens is 1. The van der Waals surface area contributed by atoms with Crippen LogP contribution in [0.5, 0.6) is 0 Å². The molecule has 4 rings (SSSR count). The minimum atomic E-state index is -3.39. The smallest absolute Gasteiger partial charge is 0.254 e. The Kier molecular flexibility index (Phi) is 5.65. The van der Waals surface area contributed by atoms with E-state index in [-0.39, 0.29) is 11.7 Å². The first-order valence-corrected chi connectivity index (χ1v) is 11.7. The molecule has 0 aliphatic carbocycles. The van der Waals surface area contributed by atoms with Gasteiger partial charge < -0.3 is 9.80 Å². The molecule has 2 aliphatic rings. The number of rotatable bonds is 3. The maximum absolute atomic E-state index is 13.0. The second-order valence-corrected chi connectivity index (χ2v) is 9.65. The Morgan fingerprint density at radius 2 is 1.79 bits per heavy atom. The van der Waals surface area contributed by atoms with Crippen LogP contribution in [0.15, 0.2) is 42.6 Å². The molecule has 2 saturated heterocycles. The second-order valence-electron chi connectivity index (χ2n) is 7.23. The monoisotopic (exact) mass is 434 g/mol. The molecule has 2 fully saturated rings. The third kappa shape index (κ3) is 4.18. The second kappa shape index (κ2) is 8.20. The highest BCUT2D eigenvalue weighted by molar-refractivity contribution is 7.92. The van der Waals surface area contributed by atoms with Gasteiger partial charge in [-0.1, -0.05) is 17.7 Å². The quantitative estimate of drug-likeness (QED) is 0.742. The molecule has 9 heteroatoms. The third-order valence-electron chi connectivity index (χ3n) is 5.35. The number of hydrogen-bond acceptors (Lipinski definition) is 5. The SMILES string of the molecule is O=C(c1ccc(Cl)c(N2CCCCS2(=O)=O)c1)N1CCN(c2ccccn2)CC1. The van der Waals surface area contributed by atoms with Crippen molar-refractivity contribution < 1.29 is 13.2 Å². The number of amides is 1. The zero-order chi connectivity index (χ0) is 20.4. The minimum Gasteiger partial charge on any atom is -0.353 e. The summed E-state index contributed by atoms with van der Waals surface area (Å²) >= 11 is 6.29. The van der Waals surface area contributed by atoms with E-state index in [1.807, 2.05) is 18.2 Å². The van der Waals surface area contributed by atoms with Crippen LogP contribution in [0.4, 0.5) is 11.5 Å². The molecular weight excluding hydrogens is 412 g/mol. The topological polar surface area (TPSA) is 73.8 Å². The summed E-state index contributed by atoms with van der Waals surface area (Å²) in [5.41, 5.74) is 0.848. The highest BCUT2D eigenvalue weighted by Crippen LogP contribution is 2.32. The van der Waals surface area contributed by atoms with Crippen LogP contribution in [0.3, 0.4) is 0 Å². The van der Waals surface area contributed by atoms with Crippen molar-refractivity contribution in [2.45, 2.75) is 12.8 Å². The van der Waals surface area contributed by atoms with Gasteiger partial charge in [0, 0.05) is 44.5 Å². The molecule has 1 aromatic carbocycles. The van der Waals surface area contributed by atoms with Crippen LogP contribution in [-0.4, -0.2) is 62.7 Å². The molecule has 1 amide bonds. The predicted molar refractivity (Wildman–Crippen MR) is 114 cm³/mol. The van der Waals surface area contributed by atoms with Gasteiger partial charge in [-0.2, -0.15) is 0 Å². The number of halogens is 1. The Balaban J connectivity index is 1.50. The van der Waals surface area contributed by atoms with Gasteiger partial charge in [-0.3, -0.25) is 9.10 Å². The number of carbonyl (C=O) groups excluding carboxylic acids is 1. The van der Waals surface area contributed by atoms with Crippen LogP contribution >= 0.6 is 11.6 Å². The highest BCUT2D eigenvalue weighted by Gasteiger charge is 2.29. The number of benzene rings is 1. The normalized spacial score (nSPS) is 19.3. The van der Waals surface area contributed by atoms with Crippen molar-refractivity contribution in [2.75, 3.05) is 47.7 Å². The van der Waals surface area contributed by atoms with Gasteiger partial charge in [0.2, 0.25) is 10.0 Å². The Bertz CT molecular complexity index is 992. The Morgan fingerprint density at radius 3 is 2.48 bits per heavy atom. The van der Waals surface area contributed by atoms with Crippen LogP contribution < -0.4 is 9.21 Å². The van der Waals surface area contributed by atoms with Crippen LogP contribution in [0.2, 0.25) is 5.02 Å². The summed E-state index contributed by atoms with van der Waals surface area (Å²) in [6.07, 6.45) is 3.19. The molecule has 0 saturated carbocycles. The maximum atomic E-state index is 13.0. The summed E-state index contributed by atoms with van der Waals surface area (Å²) in [4.78, 5) is 21.3. The molecule has 29 heavy (non-hydrogen) atoms. The van der Waals surface area contributed by atoms with Gasteiger partial charge in [-0.05, 0) is 43.2 Å². The van der Waals surface area contributed by atoms with Crippen molar-refractivity contribution in [1.29, 1.82) is 0 Å². The fourth-order valence-corrected chi connectivity index (χ4v) is 5.68. The number of sulfonamides is 1. The van der Waals surface area contributed by atoms with E-state index in [1.165, 1.54) is 4.31 Å². The lowest BCUT2D eigenvalue weighted by molar-refractivity contribution is 0.0746. The van der Waals surface area contributed by atoms with E-state index in [1.54, 1.807) is 29.3 Å². The van der Waals surface area contributed by atoms with Gasteiger partial charge in [0.1, 0.15) is 5.82 Å². The number of piperazine rings is 1. The lowest BCUT2D eigenvalue weighted by Crippen LogP contribution is -2.49. The van der Waals surface area contributed by atoms with Gasteiger partial charge in [0.25, 0.3) is 5.91 Å². The number of pyridine rings is 1. The number of nitrogens with zero attached hydrogens (tertiary/aromatic N) is 4. The molecule has 2 aliphatic heterocycles. The van der Waals surface area contributed by atoms with E-state index in [9.17, 15) is 13.2 Å². The molecule has 0 bridgehead atoms. The maximum Gasteiger partial charge on any atom is 0.254 e. The van der Waals surface area contributed by atoms with Crippen molar-refractivity contribution in [3.63, 3.8) is 0 Å². The van der Waals surface area contributed by atoms with Crippen molar-refractivity contribution in [3.8, 4) is 0 Å². The molecule has 0 radical (unpaired) electrons. The average Bonchev–Trinajstić information content (AvgIpc) is 2.74. The standard InChI is InChI=1S/C20H23ClN4O3S/c21-17-7-6-16(15-18(17)25-9-3-4-14-29(25,27)28)20(26)24-12-10-23(11-13-24)19-5-1-2-8-22-19/h1-2,5-8,15H,3-4,9-14H2. The lowest BCUT2D eigenvalue weighted by atomic mass is 10.1. The molecule has 0 spiro atoms. The fraction of sp³-hybridized carbons (Fsp3) is 0.400. The fourth-order valence-electron chi connectivity index (χ4n) is 3.76. The summed E-state index contributed by atoms with van der Waals surface area (Å²) in [5.74, 6) is 0.901. The first kappa shape index (κ1) is 20.0. The van der Waals surface area contributed by atoms with Gasteiger partial charge in [-0.25, -0.2) is 13.4 Å². The molecule has 3 heterocycles. The van der Waals surface area contributed by atoms with Crippen LogP contribution in [0.25, 0.3) is 0 Å². The van der Waals surface area contributed by atoms with Crippen molar-refractivity contribution >= 4 is 39.0 Å². The molecule has 0 atom stereocenters. The van der Waals surface area contributed by atoms with Gasteiger partial charge >= 0.3 is 0 Å². The number of hydrogen-bond donors (Lipinski definition) is 0. The average molecular weight is 435 g/mol. The summed E-state index contributed by atoms with van der Waals surface area (Å²) in [6.45, 7) is 2.95.